The maximum Gasteiger partial charge on any atom is 0.450 e. The van der Waals surface area contributed by atoms with E-state index in [1.165, 1.54) is 21.6 Å². The van der Waals surface area contributed by atoms with Crippen LogP contribution in [0.3, 0.4) is 0 Å². The molecule has 0 unspecified atom stereocenters. The summed E-state index contributed by atoms with van der Waals surface area (Å²) in [6.45, 7) is 0.536. The number of nitrogens with zero attached hydrogens (tertiary/aromatic N) is 4. The van der Waals surface area contributed by atoms with E-state index in [2.05, 4.69) is 10.1 Å². The molecule has 1 aliphatic heterocycles. The molecule has 1 aliphatic rings. The van der Waals surface area contributed by atoms with Crippen molar-refractivity contribution in [2.24, 2.45) is 0 Å². The third-order valence-corrected chi connectivity index (χ3v) is 4.09. The van der Waals surface area contributed by atoms with Gasteiger partial charge >= 0.3 is 12.2 Å². The summed E-state index contributed by atoms with van der Waals surface area (Å²) in [4.78, 5) is 17.9. The van der Waals surface area contributed by atoms with Crippen molar-refractivity contribution in [2.75, 3.05) is 11.5 Å². The monoisotopic (exact) mass is 391 g/mol. The SMILES string of the molecule is Cc1noc(CN2C(=O)[n+]3cc(-c4ccc(OCC(F)(F)F)cc4)ccc32)n1. The van der Waals surface area contributed by atoms with Gasteiger partial charge in [0.1, 0.15) is 5.75 Å². The number of aryl methyl sites for hydroxylation is 1. The summed E-state index contributed by atoms with van der Waals surface area (Å²) < 4.78 is 47.8. The van der Waals surface area contributed by atoms with E-state index >= 15 is 0 Å². The lowest BCUT2D eigenvalue weighted by atomic mass is 10.1. The summed E-state index contributed by atoms with van der Waals surface area (Å²) in [6.07, 6.45) is -2.72. The van der Waals surface area contributed by atoms with E-state index in [1.54, 1.807) is 31.3 Å². The van der Waals surface area contributed by atoms with Crippen molar-refractivity contribution < 1.29 is 31.8 Å². The molecule has 0 atom stereocenters. The molecular weight excluding hydrogens is 377 g/mol. The summed E-state index contributed by atoms with van der Waals surface area (Å²) in [7, 11) is 0. The lowest BCUT2D eigenvalue weighted by Crippen LogP contribution is -2.65. The van der Waals surface area contributed by atoms with Crippen LogP contribution < -0.4 is 14.2 Å². The first kappa shape index (κ1) is 18.0. The number of fused-ring (bicyclic) bond motifs is 1. The van der Waals surface area contributed by atoms with Crippen LogP contribution in [0.1, 0.15) is 11.7 Å². The van der Waals surface area contributed by atoms with Crippen molar-refractivity contribution in [3.63, 3.8) is 0 Å². The van der Waals surface area contributed by atoms with E-state index in [1.807, 2.05) is 6.07 Å². The third-order valence-electron chi connectivity index (χ3n) is 4.09. The number of rotatable bonds is 5. The molecule has 0 spiro atoms. The van der Waals surface area contributed by atoms with Gasteiger partial charge in [0.15, 0.2) is 19.0 Å². The van der Waals surface area contributed by atoms with E-state index in [9.17, 15) is 18.0 Å². The maximum atomic E-state index is 12.4. The van der Waals surface area contributed by atoms with Gasteiger partial charge in [0.05, 0.1) is 6.20 Å². The average Bonchev–Trinajstić information content (AvgIpc) is 3.09. The molecular formula is C18H14F3N4O3+. The first-order chi connectivity index (χ1) is 13.3. The lowest BCUT2D eigenvalue weighted by molar-refractivity contribution is -0.579. The molecule has 1 aromatic carbocycles. The fraction of sp³-hybridized carbons (Fsp3) is 0.222. The van der Waals surface area contributed by atoms with Crippen molar-refractivity contribution in [1.29, 1.82) is 0 Å². The Labute approximate surface area is 157 Å². The molecule has 0 N–H and O–H groups in total. The highest BCUT2D eigenvalue weighted by molar-refractivity contribution is 5.91. The number of carbonyl (C=O) groups is 1. The molecule has 0 bridgehead atoms. The Kier molecular flexibility index (Phi) is 4.25. The van der Waals surface area contributed by atoms with Gasteiger partial charge in [-0.25, -0.2) is 4.79 Å². The summed E-state index contributed by atoms with van der Waals surface area (Å²) in [5, 5.41) is 3.69. The van der Waals surface area contributed by atoms with Gasteiger partial charge in [0.25, 0.3) is 5.89 Å². The van der Waals surface area contributed by atoms with Crippen LogP contribution in [-0.4, -0.2) is 29.0 Å². The van der Waals surface area contributed by atoms with Crippen molar-refractivity contribution >= 4 is 11.8 Å². The van der Waals surface area contributed by atoms with Gasteiger partial charge in [-0.3, -0.25) is 0 Å². The van der Waals surface area contributed by atoms with Crippen LogP contribution in [0.5, 0.6) is 5.75 Å². The highest BCUT2D eigenvalue weighted by Crippen LogP contribution is 2.27. The van der Waals surface area contributed by atoms with Gasteiger partial charge in [0.2, 0.25) is 5.82 Å². The van der Waals surface area contributed by atoms with Gasteiger partial charge in [0, 0.05) is 11.6 Å². The quantitative estimate of drug-likeness (QED) is 0.625. The Morgan fingerprint density at radius 3 is 2.50 bits per heavy atom. The number of alkyl halides is 3. The molecule has 1 amide bonds. The van der Waals surface area contributed by atoms with Gasteiger partial charge < -0.3 is 9.26 Å². The molecule has 0 saturated heterocycles. The zero-order chi connectivity index (χ0) is 19.9. The van der Waals surface area contributed by atoms with Crippen LogP contribution in [0.25, 0.3) is 11.1 Å². The minimum atomic E-state index is -4.39. The second-order valence-corrected chi connectivity index (χ2v) is 6.18. The number of pyridine rings is 1. The molecule has 2 aromatic heterocycles. The highest BCUT2D eigenvalue weighted by atomic mass is 19.4. The first-order valence-corrected chi connectivity index (χ1v) is 8.27. The van der Waals surface area contributed by atoms with Gasteiger partial charge in [-0.2, -0.15) is 27.6 Å². The lowest BCUT2D eigenvalue weighted by Gasteiger charge is -2.26. The highest BCUT2D eigenvalue weighted by Gasteiger charge is 2.41. The fourth-order valence-corrected chi connectivity index (χ4v) is 2.82. The second-order valence-electron chi connectivity index (χ2n) is 6.18. The number of anilines is 1. The van der Waals surface area contributed by atoms with E-state index in [0.29, 0.717) is 17.5 Å². The first-order valence-electron chi connectivity index (χ1n) is 8.27. The topological polar surface area (TPSA) is 72.3 Å². The predicted octanol–water partition coefficient (Wildman–Crippen LogP) is 3.26. The smallest absolute Gasteiger partial charge is 0.450 e. The van der Waals surface area contributed by atoms with Crippen LogP contribution in [0, 0.1) is 6.92 Å². The zero-order valence-corrected chi connectivity index (χ0v) is 14.6. The number of amides is 1. The number of aromatic nitrogens is 3. The van der Waals surface area contributed by atoms with Crippen molar-refractivity contribution in [3.05, 3.63) is 54.3 Å². The minimum Gasteiger partial charge on any atom is -0.484 e. The molecule has 7 nitrogen and oxygen atoms in total. The summed E-state index contributed by atoms with van der Waals surface area (Å²) in [6, 6.07) is 9.53. The summed E-state index contributed by atoms with van der Waals surface area (Å²) >= 11 is 0. The number of hydrogen-bond donors (Lipinski definition) is 0. The third kappa shape index (κ3) is 3.53. The number of ether oxygens (including phenoxy) is 1. The molecule has 3 heterocycles. The molecule has 4 rings (SSSR count). The fourth-order valence-electron chi connectivity index (χ4n) is 2.82. The molecule has 0 aliphatic carbocycles. The van der Waals surface area contributed by atoms with Gasteiger partial charge in [-0.1, -0.05) is 17.3 Å². The number of carbonyl (C=O) groups excluding carboxylic acids is 1. The van der Waals surface area contributed by atoms with Gasteiger partial charge in [-0.15, -0.1) is 0 Å². The Morgan fingerprint density at radius 1 is 1.14 bits per heavy atom. The van der Waals surface area contributed by atoms with Crippen LogP contribution in [-0.2, 0) is 6.54 Å². The van der Waals surface area contributed by atoms with Crippen molar-refractivity contribution in [3.8, 4) is 16.9 Å². The summed E-state index contributed by atoms with van der Waals surface area (Å²) in [5.41, 5.74) is 1.49. The number of hydrogen-bond acceptors (Lipinski definition) is 5. The Bertz CT molecular complexity index is 1030. The standard InChI is InChI=1S/C18H14F3N4O3/c1-11-22-15(28-23-11)9-25-16-7-4-13(8-24(16)17(25)26)12-2-5-14(6-3-12)27-10-18(19,20)21/h2-8H,9-10H2,1H3/q+1. The average molecular weight is 391 g/mol. The Hall–Kier alpha value is -3.43. The molecule has 0 fully saturated rings. The van der Waals surface area contributed by atoms with Crippen molar-refractivity contribution in [1.82, 2.24) is 10.1 Å². The van der Waals surface area contributed by atoms with Crippen LogP contribution in [0.4, 0.5) is 23.8 Å². The number of benzene rings is 1. The predicted molar refractivity (Wildman–Crippen MR) is 89.6 cm³/mol. The molecule has 144 valence electrons. The molecule has 0 saturated carbocycles. The second kappa shape index (κ2) is 6.63. The largest absolute Gasteiger partial charge is 0.484 e. The number of halogens is 3. The van der Waals surface area contributed by atoms with E-state index in [0.717, 1.165) is 11.1 Å². The van der Waals surface area contributed by atoms with Gasteiger partial charge in [-0.05, 0) is 30.7 Å². The molecule has 0 radical (unpaired) electrons. The van der Waals surface area contributed by atoms with Crippen LogP contribution >= 0.6 is 0 Å². The van der Waals surface area contributed by atoms with E-state index in [4.69, 9.17) is 9.26 Å². The Morgan fingerprint density at radius 2 is 1.86 bits per heavy atom. The van der Waals surface area contributed by atoms with E-state index in [-0.39, 0.29) is 18.3 Å². The van der Waals surface area contributed by atoms with Crippen molar-refractivity contribution in [2.45, 2.75) is 19.6 Å². The van der Waals surface area contributed by atoms with E-state index < -0.39 is 12.8 Å². The van der Waals surface area contributed by atoms with Crippen LogP contribution in [0.15, 0.2) is 47.1 Å². The zero-order valence-electron chi connectivity index (χ0n) is 14.6. The minimum absolute atomic E-state index is 0.120. The Balaban J connectivity index is 1.48. The maximum absolute atomic E-state index is 12.4. The molecule has 28 heavy (non-hydrogen) atoms. The van der Waals surface area contributed by atoms with Crippen LogP contribution in [0.2, 0.25) is 0 Å². The summed E-state index contributed by atoms with van der Waals surface area (Å²) in [5.74, 6) is 1.63. The molecule has 10 heteroatoms. The molecule has 3 aromatic rings. The normalized spacial score (nSPS) is 13.3.